The number of aryl methyl sites for hydroxylation is 1. The fourth-order valence-electron chi connectivity index (χ4n) is 3.10. The van der Waals surface area contributed by atoms with Crippen LogP contribution in [0.15, 0.2) is 53.0 Å². The van der Waals surface area contributed by atoms with Crippen molar-refractivity contribution in [3.63, 3.8) is 0 Å². The summed E-state index contributed by atoms with van der Waals surface area (Å²) < 4.78 is 0.853. The summed E-state index contributed by atoms with van der Waals surface area (Å²) in [5, 5.41) is 0. The van der Waals surface area contributed by atoms with E-state index in [9.17, 15) is 4.79 Å². The molecule has 21 heavy (non-hydrogen) atoms. The Hall–Kier alpha value is -1.61. The summed E-state index contributed by atoms with van der Waals surface area (Å²) >= 11 is 3.47. The van der Waals surface area contributed by atoms with Crippen molar-refractivity contribution in [2.45, 2.75) is 25.3 Å². The number of fused-ring (bicyclic) bond motifs is 1. The second-order valence-electron chi connectivity index (χ2n) is 5.50. The second-order valence-corrected chi connectivity index (χ2v) is 6.36. The number of benzene rings is 2. The Balaban J connectivity index is 1.91. The molecule has 2 aromatic rings. The van der Waals surface area contributed by atoms with Crippen LogP contribution in [0, 0.1) is 0 Å². The number of amides is 1. The molecule has 2 nitrogen and oxygen atoms in total. The molecule has 0 spiro atoms. The third kappa shape index (κ3) is 2.75. The molecule has 0 saturated heterocycles. The first-order valence-corrected chi connectivity index (χ1v) is 8.07. The van der Waals surface area contributed by atoms with Gasteiger partial charge in [-0.05, 0) is 58.5 Å². The highest BCUT2D eigenvalue weighted by Gasteiger charge is 2.27. The predicted molar refractivity (Wildman–Crippen MR) is 88.4 cm³/mol. The molecule has 0 saturated carbocycles. The van der Waals surface area contributed by atoms with Gasteiger partial charge in [-0.2, -0.15) is 0 Å². The molecular weight excluding hydrogens is 326 g/mol. The Morgan fingerprint density at radius 1 is 1.14 bits per heavy atom. The van der Waals surface area contributed by atoms with Gasteiger partial charge in [-0.3, -0.25) is 4.79 Å². The molecule has 3 heteroatoms. The first-order valence-electron chi connectivity index (χ1n) is 7.28. The Labute approximate surface area is 133 Å². The number of carbonyl (C=O) groups is 1. The van der Waals surface area contributed by atoms with Gasteiger partial charge in [0.1, 0.15) is 0 Å². The third-order valence-electron chi connectivity index (χ3n) is 4.23. The van der Waals surface area contributed by atoms with Crippen LogP contribution in [-0.4, -0.2) is 17.9 Å². The van der Waals surface area contributed by atoms with E-state index in [1.165, 1.54) is 11.1 Å². The van der Waals surface area contributed by atoms with Crippen LogP contribution in [-0.2, 0) is 6.42 Å². The van der Waals surface area contributed by atoms with Crippen LogP contribution >= 0.6 is 15.9 Å². The minimum absolute atomic E-state index is 0.0733. The summed E-state index contributed by atoms with van der Waals surface area (Å²) in [5.74, 6) is 0.0733. The van der Waals surface area contributed by atoms with E-state index in [4.69, 9.17) is 0 Å². The average molecular weight is 344 g/mol. The molecule has 0 aliphatic heterocycles. The quantitative estimate of drug-likeness (QED) is 0.780. The minimum atomic E-state index is 0.0733. The Kier molecular flexibility index (Phi) is 4.11. The standard InChI is InChI=1S/C18H18BrNO/c1-20(18(21)15-10-4-5-11-16(15)19)17-12-6-8-13-7-2-3-9-14(13)17/h2-5,7,9-11,17H,6,8,12H2,1H3. The predicted octanol–water partition coefficient (Wildman–Crippen LogP) is 4.60. The lowest BCUT2D eigenvalue weighted by Crippen LogP contribution is -2.33. The molecule has 0 heterocycles. The van der Waals surface area contributed by atoms with E-state index in [-0.39, 0.29) is 11.9 Å². The van der Waals surface area contributed by atoms with Gasteiger partial charge in [0, 0.05) is 11.5 Å². The molecule has 3 rings (SSSR count). The lowest BCUT2D eigenvalue weighted by atomic mass is 9.87. The monoisotopic (exact) mass is 343 g/mol. The highest BCUT2D eigenvalue weighted by atomic mass is 79.9. The van der Waals surface area contributed by atoms with Gasteiger partial charge in [-0.15, -0.1) is 0 Å². The average Bonchev–Trinajstić information content (AvgIpc) is 2.53. The van der Waals surface area contributed by atoms with E-state index in [2.05, 4.69) is 40.2 Å². The molecule has 0 bridgehead atoms. The fourth-order valence-corrected chi connectivity index (χ4v) is 3.55. The number of hydrogen-bond donors (Lipinski definition) is 0. The molecule has 1 amide bonds. The second kappa shape index (κ2) is 6.02. The van der Waals surface area contributed by atoms with Gasteiger partial charge >= 0.3 is 0 Å². The number of hydrogen-bond acceptors (Lipinski definition) is 1. The van der Waals surface area contributed by atoms with E-state index in [0.29, 0.717) is 0 Å². The zero-order valence-corrected chi connectivity index (χ0v) is 13.6. The molecule has 0 aromatic heterocycles. The zero-order chi connectivity index (χ0) is 14.8. The SMILES string of the molecule is CN(C(=O)c1ccccc1Br)C1CCCc2ccccc21. The van der Waals surface area contributed by atoms with Gasteiger partial charge < -0.3 is 4.90 Å². The largest absolute Gasteiger partial charge is 0.335 e. The van der Waals surface area contributed by atoms with Crippen LogP contribution in [0.1, 0.15) is 40.4 Å². The highest BCUT2D eigenvalue weighted by Crippen LogP contribution is 2.34. The molecule has 0 N–H and O–H groups in total. The maximum atomic E-state index is 12.8. The summed E-state index contributed by atoms with van der Waals surface area (Å²) in [4.78, 5) is 14.7. The van der Waals surface area contributed by atoms with Crippen LogP contribution in [0.4, 0.5) is 0 Å². The molecule has 1 atom stereocenters. The summed E-state index contributed by atoms with van der Waals surface area (Å²) in [6.07, 6.45) is 3.28. The normalized spacial score (nSPS) is 17.1. The number of nitrogens with zero attached hydrogens (tertiary/aromatic N) is 1. The van der Waals surface area contributed by atoms with Crippen molar-refractivity contribution in [1.29, 1.82) is 0 Å². The molecule has 0 fully saturated rings. The van der Waals surface area contributed by atoms with Gasteiger partial charge in [-0.1, -0.05) is 36.4 Å². The Bertz CT molecular complexity index is 668. The summed E-state index contributed by atoms with van der Waals surface area (Å²) in [5.41, 5.74) is 3.40. The van der Waals surface area contributed by atoms with Crippen LogP contribution in [0.5, 0.6) is 0 Å². The van der Waals surface area contributed by atoms with Crippen LogP contribution in [0.25, 0.3) is 0 Å². The van der Waals surface area contributed by atoms with Crippen molar-refractivity contribution >= 4 is 21.8 Å². The fraction of sp³-hybridized carbons (Fsp3) is 0.278. The van der Waals surface area contributed by atoms with Gasteiger partial charge in [0.15, 0.2) is 0 Å². The third-order valence-corrected chi connectivity index (χ3v) is 4.92. The lowest BCUT2D eigenvalue weighted by Gasteiger charge is -2.33. The first-order chi connectivity index (χ1) is 10.2. The maximum absolute atomic E-state index is 12.8. The lowest BCUT2D eigenvalue weighted by molar-refractivity contribution is 0.0714. The Morgan fingerprint density at radius 2 is 1.86 bits per heavy atom. The van der Waals surface area contributed by atoms with E-state index < -0.39 is 0 Å². The van der Waals surface area contributed by atoms with Crippen molar-refractivity contribution in [3.8, 4) is 0 Å². The Morgan fingerprint density at radius 3 is 2.67 bits per heavy atom. The molecule has 2 aromatic carbocycles. The van der Waals surface area contributed by atoms with Crippen molar-refractivity contribution in [3.05, 3.63) is 69.7 Å². The maximum Gasteiger partial charge on any atom is 0.255 e. The van der Waals surface area contributed by atoms with E-state index >= 15 is 0 Å². The number of rotatable bonds is 2. The van der Waals surface area contributed by atoms with E-state index in [1.54, 1.807) is 0 Å². The molecule has 1 aliphatic carbocycles. The topological polar surface area (TPSA) is 20.3 Å². The molecule has 108 valence electrons. The molecule has 1 unspecified atom stereocenters. The minimum Gasteiger partial charge on any atom is -0.335 e. The number of carbonyl (C=O) groups excluding carboxylic acids is 1. The smallest absolute Gasteiger partial charge is 0.255 e. The van der Waals surface area contributed by atoms with Crippen molar-refractivity contribution < 1.29 is 4.79 Å². The number of halogens is 1. The molecular formula is C18H18BrNO. The van der Waals surface area contributed by atoms with Gasteiger partial charge in [0.05, 0.1) is 11.6 Å². The molecule has 0 radical (unpaired) electrons. The van der Waals surface area contributed by atoms with E-state index in [1.807, 2.05) is 36.2 Å². The zero-order valence-electron chi connectivity index (χ0n) is 12.1. The van der Waals surface area contributed by atoms with Crippen molar-refractivity contribution in [2.75, 3.05) is 7.05 Å². The summed E-state index contributed by atoms with van der Waals surface area (Å²) in [7, 11) is 1.91. The van der Waals surface area contributed by atoms with Crippen LogP contribution in [0.2, 0.25) is 0 Å². The highest BCUT2D eigenvalue weighted by molar-refractivity contribution is 9.10. The first kappa shape index (κ1) is 14.3. The van der Waals surface area contributed by atoms with Gasteiger partial charge in [0.25, 0.3) is 5.91 Å². The van der Waals surface area contributed by atoms with E-state index in [0.717, 1.165) is 29.3 Å². The van der Waals surface area contributed by atoms with Gasteiger partial charge in [-0.25, -0.2) is 0 Å². The summed E-state index contributed by atoms with van der Waals surface area (Å²) in [6, 6.07) is 16.3. The van der Waals surface area contributed by atoms with Gasteiger partial charge in [0.2, 0.25) is 0 Å². The van der Waals surface area contributed by atoms with Crippen LogP contribution in [0.3, 0.4) is 0 Å². The molecule has 1 aliphatic rings. The summed E-state index contributed by atoms with van der Waals surface area (Å²) in [6.45, 7) is 0. The van der Waals surface area contributed by atoms with Crippen molar-refractivity contribution in [2.24, 2.45) is 0 Å². The van der Waals surface area contributed by atoms with Crippen LogP contribution < -0.4 is 0 Å². The van der Waals surface area contributed by atoms with Crippen molar-refractivity contribution in [1.82, 2.24) is 4.90 Å².